The Bertz CT molecular complexity index is 3920. The summed E-state index contributed by atoms with van der Waals surface area (Å²) in [6, 6.07) is 28.1. The van der Waals surface area contributed by atoms with Crippen LogP contribution in [0.1, 0.15) is 119 Å². The molecule has 1 N–H and O–H groups in total. The lowest BCUT2D eigenvalue weighted by Crippen LogP contribution is -2.44. The molecule has 5 unspecified atom stereocenters. The van der Waals surface area contributed by atoms with Gasteiger partial charge in [-0.15, -0.1) is 0 Å². The largest absolute Gasteiger partial charge is 0.360 e. The van der Waals surface area contributed by atoms with E-state index < -0.39 is 0 Å². The van der Waals surface area contributed by atoms with Gasteiger partial charge in [0.2, 0.25) is 0 Å². The van der Waals surface area contributed by atoms with Gasteiger partial charge in [-0.05, 0) is 236 Å². The Kier molecular flexibility index (Phi) is 10.8. The smallest absolute Gasteiger partial charge is 0.122 e. The Hall–Kier alpha value is -7.16. The summed E-state index contributed by atoms with van der Waals surface area (Å²) in [5.74, 6) is 1.72. The molecule has 0 saturated heterocycles. The van der Waals surface area contributed by atoms with Crippen LogP contribution in [-0.2, 0) is 0 Å². The molecule has 0 bridgehead atoms. The minimum atomic E-state index is 0.174. The molecule has 15 rings (SSSR count). The lowest BCUT2D eigenvalue weighted by atomic mass is 9.72. The van der Waals surface area contributed by atoms with E-state index in [-0.39, 0.29) is 6.17 Å². The molecule has 0 aromatic heterocycles. The number of anilines is 2. The van der Waals surface area contributed by atoms with Crippen LogP contribution in [0.25, 0.3) is 68.1 Å². The zero-order chi connectivity index (χ0) is 48.9. The molecule has 0 fully saturated rings. The quantitative estimate of drug-likeness (QED) is 0.182. The predicted octanol–water partition coefficient (Wildman–Crippen LogP) is 15.2. The zero-order valence-corrected chi connectivity index (χ0v) is 43.0. The van der Waals surface area contributed by atoms with Crippen molar-refractivity contribution in [1.82, 2.24) is 0 Å². The van der Waals surface area contributed by atoms with E-state index in [1.165, 1.54) is 152 Å². The van der Waals surface area contributed by atoms with Crippen LogP contribution in [0.2, 0.25) is 0 Å². The van der Waals surface area contributed by atoms with Gasteiger partial charge in [-0.2, -0.15) is 0 Å². The van der Waals surface area contributed by atoms with Crippen molar-refractivity contribution in [3.05, 3.63) is 223 Å². The topological polar surface area (TPSA) is 15.3 Å². The summed E-state index contributed by atoms with van der Waals surface area (Å²) in [5.41, 5.74) is 22.2. The Balaban J connectivity index is 0.785. The highest BCUT2D eigenvalue weighted by molar-refractivity contribution is 6.04. The van der Waals surface area contributed by atoms with Crippen molar-refractivity contribution in [1.29, 1.82) is 0 Å². The Labute approximate surface area is 437 Å². The molecule has 9 aliphatic carbocycles. The maximum Gasteiger partial charge on any atom is 0.122 e. The molecule has 5 aromatic rings. The van der Waals surface area contributed by atoms with E-state index in [4.69, 9.17) is 0 Å². The van der Waals surface area contributed by atoms with Gasteiger partial charge < -0.3 is 10.2 Å². The van der Waals surface area contributed by atoms with Gasteiger partial charge >= 0.3 is 0 Å². The molecule has 0 amide bonds. The van der Waals surface area contributed by atoms with Crippen LogP contribution in [0.5, 0.6) is 0 Å². The molecular formula is C72H66N2. The number of nitrogens with zero attached hydrogens (tertiary/aromatic N) is 1. The third-order valence-electron chi connectivity index (χ3n) is 18.8. The second-order valence-corrected chi connectivity index (χ2v) is 23.1. The van der Waals surface area contributed by atoms with Crippen molar-refractivity contribution in [3.63, 3.8) is 0 Å². The highest BCUT2D eigenvalue weighted by Gasteiger charge is 2.38. The van der Waals surface area contributed by atoms with E-state index in [0.717, 1.165) is 64.2 Å². The second-order valence-electron chi connectivity index (χ2n) is 23.1. The lowest BCUT2D eigenvalue weighted by Gasteiger charge is -2.38. The SMILES string of the molecule is CC1=CC=C2C=C(c3c4c(c(C5=CC6=CC=C(c7c8c(c(C9=CC%10=CC=C(C%11Nc%12ccccc%12N%11C%11C=CC=CC%11)CC%10CC9)c9ccccc79)=CCCC=8)CC6CC5)c5ccccc35)=CCCC=4)CCC2C1. The van der Waals surface area contributed by atoms with Crippen molar-refractivity contribution >= 4 is 79.5 Å². The van der Waals surface area contributed by atoms with Gasteiger partial charge in [0.25, 0.3) is 0 Å². The van der Waals surface area contributed by atoms with E-state index >= 15 is 0 Å². The summed E-state index contributed by atoms with van der Waals surface area (Å²) in [6.45, 7) is 2.30. The molecule has 0 radical (unpaired) electrons. The van der Waals surface area contributed by atoms with Crippen LogP contribution in [-0.4, -0.2) is 12.2 Å². The van der Waals surface area contributed by atoms with Crippen LogP contribution in [0.3, 0.4) is 0 Å². The van der Waals surface area contributed by atoms with Gasteiger partial charge in [-0.25, -0.2) is 0 Å². The highest BCUT2D eigenvalue weighted by Crippen LogP contribution is 2.48. The third-order valence-corrected chi connectivity index (χ3v) is 18.8. The van der Waals surface area contributed by atoms with E-state index in [0.29, 0.717) is 23.8 Å². The molecule has 0 spiro atoms. The predicted molar refractivity (Wildman–Crippen MR) is 316 cm³/mol. The number of nitrogens with one attached hydrogen (secondary N) is 1. The fourth-order valence-electron chi connectivity index (χ4n) is 15.3. The molecule has 1 heterocycles. The van der Waals surface area contributed by atoms with Gasteiger partial charge in [0.15, 0.2) is 0 Å². The summed E-state index contributed by atoms with van der Waals surface area (Å²) in [4.78, 5) is 2.64. The van der Waals surface area contributed by atoms with E-state index in [1.807, 2.05) is 0 Å². The van der Waals surface area contributed by atoms with E-state index in [2.05, 4.69) is 193 Å². The maximum atomic E-state index is 3.96. The molecule has 5 atom stereocenters. The second kappa shape index (κ2) is 18.0. The monoisotopic (exact) mass is 959 g/mol. The maximum absolute atomic E-state index is 3.96. The fourth-order valence-corrected chi connectivity index (χ4v) is 15.3. The van der Waals surface area contributed by atoms with Gasteiger partial charge in [0.1, 0.15) is 6.17 Å². The minimum Gasteiger partial charge on any atom is -0.360 e. The average Bonchev–Trinajstić information content (AvgIpc) is 3.85. The standard InChI is InChI=1S/C72H66N2/c1-45-27-28-47-40-52(34-29-46(47)39-45)68-58-17-5-7-19-60(58)69(61-20-8-6-18-59(61)68)53-35-30-49-42-54(36-31-48(49)41-53)70-62-21-9-11-23-64(62)71(65-24-12-10-22-63(65)70)55-37-32-51-44-56(38-33-50(51)43-55)72-73-66-25-13-14-26-67(66)74(72)57-15-3-2-4-16-57/h2-5,7,9,11,13-15,17-28,31,33,36,38,40-41,43,46,49,51,57,72-73H,6,8,10,12,16,29-30,32,34-35,37,39,42,44H2,1H3. The zero-order valence-electron chi connectivity index (χ0n) is 43.0. The van der Waals surface area contributed by atoms with Crippen molar-refractivity contribution < 1.29 is 0 Å². The Morgan fingerprint density at radius 1 is 0.473 bits per heavy atom. The van der Waals surface area contributed by atoms with Crippen molar-refractivity contribution in [2.24, 2.45) is 17.8 Å². The number of para-hydroxylation sites is 2. The normalized spacial score (nSPS) is 25.3. The molecule has 5 aromatic carbocycles. The summed E-state index contributed by atoms with van der Waals surface area (Å²) >= 11 is 0. The molecule has 0 saturated carbocycles. The number of hydrogen-bond donors (Lipinski definition) is 1. The van der Waals surface area contributed by atoms with Crippen LogP contribution in [0, 0.1) is 17.8 Å². The van der Waals surface area contributed by atoms with Gasteiger partial charge in [-0.1, -0.05) is 170 Å². The van der Waals surface area contributed by atoms with Crippen molar-refractivity contribution in [2.75, 3.05) is 10.2 Å². The first-order chi connectivity index (χ1) is 36.6. The third kappa shape index (κ3) is 7.33. The molecular weight excluding hydrogens is 893 g/mol. The summed E-state index contributed by atoms with van der Waals surface area (Å²) in [5, 5.41) is 15.6. The Morgan fingerprint density at radius 3 is 1.51 bits per heavy atom. The molecule has 2 nitrogen and oxygen atoms in total. The average molecular weight is 959 g/mol. The van der Waals surface area contributed by atoms with Crippen molar-refractivity contribution in [3.8, 4) is 0 Å². The summed E-state index contributed by atoms with van der Waals surface area (Å²) < 4.78 is 0. The van der Waals surface area contributed by atoms with Gasteiger partial charge in [0, 0.05) is 0 Å². The Morgan fingerprint density at radius 2 is 0.959 bits per heavy atom. The van der Waals surface area contributed by atoms with E-state index in [9.17, 15) is 0 Å². The summed E-state index contributed by atoms with van der Waals surface area (Å²) in [7, 11) is 0. The number of benzene rings is 5. The number of allylic oxidation sites excluding steroid dienone is 19. The molecule has 10 aliphatic rings. The first kappa shape index (κ1) is 44.3. The van der Waals surface area contributed by atoms with Crippen LogP contribution < -0.4 is 31.1 Å². The summed E-state index contributed by atoms with van der Waals surface area (Å²) in [6.07, 6.45) is 58.0. The molecule has 2 heteroatoms. The van der Waals surface area contributed by atoms with Crippen LogP contribution in [0.4, 0.5) is 11.4 Å². The van der Waals surface area contributed by atoms with Crippen LogP contribution >= 0.6 is 0 Å². The van der Waals surface area contributed by atoms with Crippen LogP contribution in [0.15, 0.2) is 180 Å². The number of fused-ring (bicyclic) bond motifs is 8. The van der Waals surface area contributed by atoms with Gasteiger partial charge in [0.05, 0.1) is 17.4 Å². The first-order valence-corrected chi connectivity index (χ1v) is 28.4. The molecule has 1 aliphatic heterocycles. The molecule has 74 heavy (non-hydrogen) atoms. The van der Waals surface area contributed by atoms with Gasteiger partial charge in [-0.3, -0.25) is 0 Å². The minimum absolute atomic E-state index is 0.174. The number of rotatable bonds is 6. The fraction of sp³-hybridized carbons (Fsp3) is 0.278. The molecule has 364 valence electrons. The lowest BCUT2D eigenvalue weighted by molar-refractivity contribution is 0.529. The number of hydrogen-bond acceptors (Lipinski definition) is 2. The van der Waals surface area contributed by atoms with E-state index in [1.54, 1.807) is 0 Å². The first-order valence-electron chi connectivity index (χ1n) is 28.4. The van der Waals surface area contributed by atoms with Crippen molar-refractivity contribution in [2.45, 2.75) is 109 Å². The highest BCUT2D eigenvalue weighted by atomic mass is 15.3.